The summed E-state index contributed by atoms with van der Waals surface area (Å²) in [6.45, 7) is 3.75. The second-order valence-electron chi connectivity index (χ2n) is 6.45. The summed E-state index contributed by atoms with van der Waals surface area (Å²) in [4.78, 5) is 25.2. The van der Waals surface area contributed by atoms with Gasteiger partial charge in [0.2, 0.25) is 5.91 Å². The molecule has 0 heterocycles. The molecule has 1 saturated carbocycles. The maximum absolute atomic E-state index is 12.8. The lowest BCUT2D eigenvalue weighted by atomic mass is 9.82. The second-order valence-corrected chi connectivity index (χ2v) is 7.31. The van der Waals surface area contributed by atoms with Crippen LogP contribution in [-0.4, -0.2) is 17.0 Å². The van der Waals surface area contributed by atoms with Crippen molar-refractivity contribution in [3.05, 3.63) is 35.4 Å². The zero-order valence-electron chi connectivity index (χ0n) is 13.4. The Morgan fingerprint density at radius 3 is 2.33 bits per heavy atom. The smallest absolute Gasteiger partial charge is 0.307 e. The molecule has 1 fully saturated rings. The summed E-state index contributed by atoms with van der Waals surface area (Å²) in [7, 11) is 0. The van der Waals surface area contributed by atoms with Crippen LogP contribution in [0.3, 0.4) is 0 Å². The van der Waals surface area contributed by atoms with Crippen LogP contribution in [0.4, 0.5) is 5.69 Å². The Morgan fingerprint density at radius 1 is 1.21 bits per heavy atom. The van der Waals surface area contributed by atoms with Crippen LogP contribution in [0.2, 0.25) is 0 Å². The zero-order chi connectivity index (χ0) is 17.4. The van der Waals surface area contributed by atoms with Gasteiger partial charge in [0.25, 0.3) is 0 Å². The zero-order valence-corrected chi connectivity index (χ0v) is 14.3. The van der Waals surface area contributed by atoms with Gasteiger partial charge < -0.3 is 10.4 Å². The highest BCUT2D eigenvalue weighted by Crippen LogP contribution is 2.48. The number of benzene rings is 1. The largest absolute Gasteiger partial charge is 0.481 e. The van der Waals surface area contributed by atoms with E-state index >= 15 is 0 Å². The monoisotopic (exact) mass is 342 g/mol. The molecule has 0 aromatic heterocycles. The summed E-state index contributed by atoms with van der Waals surface area (Å²) < 4.78 is 0. The summed E-state index contributed by atoms with van der Waals surface area (Å²) in [5.41, 5.74) is 2.44. The number of hydrogen-bond acceptors (Lipinski definition) is 4. The molecule has 2 bridgehead atoms. The number of allylic oxidation sites excluding steroid dienone is 2. The number of aliphatic carboxylic acids is 1. The molecule has 2 aliphatic rings. The number of rotatable bonds is 4. The molecule has 124 valence electrons. The third kappa shape index (κ3) is 2.80. The summed E-state index contributed by atoms with van der Waals surface area (Å²) in [5.74, 6) is -2.34. The highest BCUT2D eigenvalue weighted by Gasteiger charge is 2.51. The molecule has 6 heteroatoms. The fourth-order valence-corrected chi connectivity index (χ4v) is 4.53. The molecular formula is C18H18N2O3S. The van der Waals surface area contributed by atoms with Gasteiger partial charge in [-0.15, -0.1) is 0 Å². The maximum atomic E-state index is 12.8. The summed E-state index contributed by atoms with van der Waals surface area (Å²) in [6, 6.07) is 3.71. The molecule has 3 rings (SSSR count). The number of thioether (sulfide) groups is 1. The van der Waals surface area contributed by atoms with Gasteiger partial charge in [-0.3, -0.25) is 9.59 Å². The van der Waals surface area contributed by atoms with Crippen molar-refractivity contribution in [2.24, 2.45) is 23.7 Å². The Balaban J connectivity index is 1.84. The molecule has 5 nitrogen and oxygen atoms in total. The first kappa shape index (κ1) is 16.6. The standard InChI is InChI=1S/C18H18N2O3S/c1-9-5-13(24-8-19)6-10(2)16(9)20-17(21)14-11-3-4-12(7-11)15(14)18(22)23/h3-6,11-12,14-15H,7H2,1-2H3,(H,20,21)(H,22,23)/t11-,12-,14+,15+/m0/s1. The molecule has 2 N–H and O–H groups in total. The number of nitrogens with one attached hydrogen (secondary N) is 1. The molecule has 0 unspecified atom stereocenters. The number of amides is 1. The Bertz CT molecular complexity index is 758. The average Bonchev–Trinajstić information content (AvgIpc) is 3.11. The van der Waals surface area contributed by atoms with Crippen LogP contribution >= 0.6 is 11.8 Å². The number of anilines is 1. The predicted octanol–water partition coefficient (Wildman–Crippen LogP) is 3.34. The number of carbonyl (C=O) groups excluding carboxylic acids is 1. The number of nitriles is 1. The molecule has 2 aliphatic carbocycles. The molecule has 0 saturated heterocycles. The van der Waals surface area contributed by atoms with Crippen molar-refractivity contribution in [2.45, 2.75) is 25.2 Å². The van der Waals surface area contributed by atoms with E-state index in [4.69, 9.17) is 5.26 Å². The topological polar surface area (TPSA) is 90.2 Å². The molecular weight excluding hydrogens is 324 g/mol. The third-order valence-electron chi connectivity index (χ3n) is 4.97. The molecule has 24 heavy (non-hydrogen) atoms. The summed E-state index contributed by atoms with van der Waals surface area (Å²) in [5, 5.41) is 23.2. The van der Waals surface area contributed by atoms with Gasteiger partial charge in [0.1, 0.15) is 5.40 Å². The van der Waals surface area contributed by atoms with Crippen LogP contribution < -0.4 is 5.32 Å². The van der Waals surface area contributed by atoms with E-state index in [-0.39, 0.29) is 17.7 Å². The number of aryl methyl sites for hydroxylation is 2. The van der Waals surface area contributed by atoms with Crippen LogP contribution in [0.15, 0.2) is 29.2 Å². The highest BCUT2D eigenvalue weighted by atomic mass is 32.2. The van der Waals surface area contributed by atoms with Crippen molar-refractivity contribution < 1.29 is 14.7 Å². The second kappa shape index (κ2) is 6.33. The maximum Gasteiger partial charge on any atom is 0.307 e. The van der Waals surface area contributed by atoms with Crippen LogP contribution in [0.25, 0.3) is 0 Å². The van der Waals surface area contributed by atoms with Crippen LogP contribution in [0.5, 0.6) is 0 Å². The molecule has 0 spiro atoms. The van der Waals surface area contributed by atoms with Gasteiger partial charge in [0, 0.05) is 10.6 Å². The highest BCUT2D eigenvalue weighted by molar-refractivity contribution is 8.03. The summed E-state index contributed by atoms with van der Waals surface area (Å²) >= 11 is 1.08. The number of carboxylic acids is 1. The van der Waals surface area contributed by atoms with Gasteiger partial charge in [-0.2, -0.15) is 5.26 Å². The van der Waals surface area contributed by atoms with Crippen molar-refractivity contribution >= 4 is 29.3 Å². The van der Waals surface area contributed by atoms with E-state index in [1.165, 1.54) is 0 Å². The molecule has 4 atom stereocenters. The number of fused-ring (bicyclic) bond motifs is 2. The lowest BCUT2D eigenvalue weighted by molar-refractivity contribution is -0.146. The quantitative estimate of drug-likeness (QED) is 0.497. The van der Waals surface area contributed by atoms with E-state index in [2.05, 4.69) is 5.32 Å². The van der Waals surface area contributed by atoms with Crippen molar-refractivity contribution in [1.29, 1.82) is 5.26 Å². The molecule has 1 aromatic rings. The van der Waals surface area contributed by atoms with Crippen LogP contribution in [-0.2, 0) is 9.59 Å². The Kier molecular flexibility index (Phi) is 4.37. The van der Waals surface area contributed by atoms with E-state index in [0.717, 1.165) is 34.2 Å². The van der Waals surface area contributed by atoms with E-state index in [1.807, 2.05) is 43.5 Å². The van der Waals surface area contributed by atoms with Gasteiger partial charge in [-0.05, 0) is 67.1 Å². The normalized spacial score (nSPS) is 27.0. The number of thiocyanates is 1. The SMILES string of the molecule is Cc1cc(SC#N)cc(C)c1NC(=O)[C@H]1[C@H](C(=O)O)[C@H]2C=C[C@H]1C2. The molecule has 1 aromatic carbocycles. The van der Waals surface area contributed by atoms with E-state index in [1.54, 1.807) is 0 Å². The fraction of sp³-hybridized carbons (Fsp3) is 0.389. The number of nitrogens with zero attached hydrogens (tertiary/aromatic N) is 1. The van der Waals surface area contributed by atoms with Crippen molar-refractivity contribution in [2.75, 3.05) is 5.32 Å². The van der Waals surface area contributed by atoms with E-state index in [0.29, 0.717) is 5.69 Å². The summed E-state index contributed by atoms with van der Waals surface area (Å²) in [6.07, 6.45) is 4.64. The van der Waals surface area contributed by atoms with Crippen LogP contribution in [0, 0.1) is 48.2 Å². The van der Waals surface area contributed by atoms with Crippen molar-refractivity contribution in [1.82, 2.24) is 0 Å². The number of hydrogen-bond donors (Lipinski definition) is 2. The average molecular weight is 342 g/mol. The van der Waals surface area contributed by atoms with E-state index < -0.39 is 17.8 Å². The van der Waals surface area contributed by atoms with E-state index in [9.17, 15) is 14.7 Å². The third-order valence-corrected chi connectivity index (χ3v) is 5.53. The predicted molar refractivity (Wildman–Crippen MR) is 91.4 cm³/mol. The van der Waals surface area contributed by atoms with Gasteiger partial charge in [0.15, 0.2) is 0 Å². The van der Waals surface area contributed by atoms with Gasteiger partial charge >= 0.3 is 5.97 Å². The first-order chi connectivity index (χ1) is 11.4. The first-order valence-electron chi connectivity index (χ1n) is 7.81. The molecule has 0 aliphatic heterocycles. The molecule has 1 amide bonds. The van der Waals surface area contributed by atoms with Crippen molar-refractivity contribution in [3.8, 4) is 5.40 Å². The number of carbonyl (C=O) groups is 2. The van der Waals surface area contributed by atoms with Crippen molar-refractivity contribution in [3.63, 3.8) is 0 Å². The van der Waals surface area contributed by atoms with Gasteiger partial charge in [-0.25, -0.2) is 0 Å². The lowest BCUT2D eigenvalue weighted by Crippen LogP contribution is -2.36. The lowest BCUT2D eigenvalue weighted by Gasteiger charge is -2.24. The minimum atomic E-state index is -0.902. The van der Waals surface area contributed by atoms with Crippen LogP contribution in [0.1, 0.15) is 17.5 Å². The van der Waals surface area contributed by atoms with Gasteiger partial charge in [-0.1, -0.05) is 12.2 Å². The minimum absolute atomic E-state index is 0.00475. The number of carboxylic acid groups (broad SMARTS) is 1. The Hall–Kier alpha value is -2.26. The first-order valence-corrected chi connectivity index (χ1v) is 8.63. The fourth-order valence-electron chi connectivity index (χ4n) is 3.96. The Morgan fingerprint density at radius 2 is 1.79 bits per heavy atom. The molecule has 0 radical (unpaired) electrons. The minimum Gasteiger partial charge on any atom is -0.481 e. The van der Waals surface area contributed by atoms with Gasteiger partial charge in [0.05, 0.1) is 11.8 Å². The Labute approximate surface area is 144 Å².